The fraction of sp³-hybridized carbons (Fsp3) is 0.727. The van der Waals surface area contributed by atoms with Crippen molar-refractivity contribution in [2.24, 2.45) is 11.8 Å². The first-order valence-electron chi connectivity index (χ1n) is 11.1. The standard InChI is InChI=1S/C22H38N6O2S/c1-7-28(21(30)25-12-22(2,3)26(4)5)20(29)14-8-13-9-15-17(31-19(24)18(15)23)10-16(13)27(6)11-14/h13-14,16H,7-12,23-24H2,1-6H3,(H,25,30)/t13-,14-,16-/m1/s1. The predicted octanol–water partition coefficient (Wildman–Crippen LogP) is 1.85. The van der Waals surface area contributed by atoms with E-state index in [1.165, 1.54) is 15.3 Å². The fourth-order valence-electron chi connectivity index (χ4n) is 4.72. The molecule has 0 aromatic carbocycles. The van der Waals surface area contributed by atoms with Crippen molar-refractivity contribution in [3.63, 3.8) is 0 Å². The van der Waals surface area contributed by atoms with Gasteiger partial charge in [-0.1, -0.05) is 0 Å². The summed E-state index contributed by atoms with van der Waals surface area (Å²) >= 11 is 1.60. The van der Waals surface area contributed by atoms with Crippen molar-refractivity contribution in [1.82, 2.24) is 20.0 Å². The van der Waals surface area contributed by atoms with Crippen LogP contribution in [0.4, 0.5) is 15.5 Å². The van der Waals surface area contributed by atoms with Crippen molar-refractivity contribution in [2.75, 3.05) is 52.2 Å². The first-order valence-corrected chi connectivity index (χ1v) is 11.9. The van der Waals surface area contributed by atoms with Gasteiger partial charge in [0.15, 0.2) is 0 Å². The number of likely N-dealkylation sites (tertiary alicyclic amines) is 1. The van der Waals surface area contributed by atoms with Gasteiger partial charge in [-0.3, -0.25) is 9.69 Å². The highest BCUT2D eigenvalue weighted by molar-refractivity contribution is 7.16. The highest BCUT2D eigenvalue weighted by Crippen LogP contribution is 2.44. The molecule has 0 radical (unpaired) electrons. The van der Waals surface area contributed by atoms with Gasteiger partial charge in [0.1, 0.15) is 5.00 Å². The average molecular weight is 451 g/mol. The van der Waals surface area contributed by atoms with Gasteiger partial charge in [-0.2, -0.15) is 0 Å². The maximum Gasteiger partial charge on any atom is 0.324 e. The lowest BCUT2D eigenvalue weighted by Gasteiger charge is -2.45. The zero-order valence-electron chi connectivity index (χ0n) is 19.7. The lowest BCUT2D eigenvalue weighted by Crippen LogP contribution is -2.56. The quantitative estimate of drug-likeness (QED) is 0.632. The molecule has 1 fully saturated rings. The van der Waals surface area contributed by atoms with E-state index < -0.39 is 0 Å². The summed E-state index contributed by atoms with van der Waals surface area (Å²) in [6.45, 7) is 7.47. The molecule has 3 amide bonds. The minimum Gasteiger partial charge on any atom is -0.396 e. The van der Waals surface area contributed by atoms with E-state index in [9.17, 15) is 9.59 Å². The summed E-state index contributed by atoms with van der Waals surface area (Å²) in [5, 5.41) is 3.65. The third kappa shape index (κ3) is 4.68. The SMILES string of the molecule is CCN(C(=O)NCC(C)(C)N(C)C)C(=O)[C@@H]1C[C@@H]2Cc3c(sc(N)c3N)C[C@H]2N(C)C1. The van der Waals surface area contributed by atoms with Gasteiger partial charge in [0.25, 0.3) is 0 Å². The molecule has 9 heteroatoms. The Balaban J connectivity index is 1.69. The maximum absolute atomic E-state index is 13.4. The Labute approximate surface area is 189 Å². The summed E-state index contributed by atoms with van der Waals surface area (Å²) in [6, 6.07) is 0.0757. The molecule has 2 aliphatic rings. The number of nitrogens with one attached hydrogen (secondary N) is 1. The minimum absolute atomic E-state index is 0.0865. The average Bonchev–Trinajstić information content (AvgIpc) is 2.98. The van der Waals surface area contributed by atoms with Gasteiger partial charge < -0.3 is 26.6 Å². The number of imide groups is 1. The summed E-state index contributed by atoms with van der Waals surface area (Å²) in [5.74, 6) is 0.0556. The van der Waals surface area contributed by atoms with Crippen LogP contribution in [0.5, 0.6) is 0 Å². The number of nitrogen functional groups attached to an aromatic ring is 2. The number of fused-ring (bicyclic) bond motifs is 2. The van der Waals surface area contributed by atoms with Crippen LogP contribution in [0, 0.1) is 11.8 Å². The number of rotatable bonds is 5. The summed E-state index contributed by atoms with van der Waals surface area (Å²) in [7, 11) is 6.04. The predicted molar refractivity (Wildman–Crippen MR) is 127 cm³/mol. The zero-order chi connectivity index (χ0) is 23.1. The van der Waals surface area contributed by atoms with Gasteiger partial charge in [-0.15, -0.1) is 11.3 Å². The third-order valence-electron chi connectivity index (χ3n) is 7.29. The van der Waals surface area contributed by atoms with Gasteiger partial charge in [0.05, 0.1) is 11.6 Å². The first kappa shape index (κ1) is 23.8. The van der Waals surface area contributed by atoms with Crippen LogP contribution in [-0.4, -0.2) is 79.0 Å². The Bertz CT molecular complexity index is 836. The summed E-state index contributed by atoms with van der Waals surface area (Å²) in [4.78, 5) is 33.2. The second-order valence-corrected chi connectivity index (χ2v) is 11.0. The van der Waals surface area contributed by atoms with E-state index >= 15 is 0 Å². The van der Waals surface area contributed by atoms with Crippen LogP contribution in [0.3, 0.4) is 0 Å². The van der Waals surface area contributed by atoms with Crippen LogP contribution in [0.1, 0.15) is 37.6 Å². The van der Waals surface area contributed by atoms with Gasteiger partial charge >= 0.3 is 6.03 Å². The second-order valence-electron chi connectivity index (χ2n) is 9.84. The summed E-state index contributed by atoms with van der Waals surface area (Å²) < 4.78 is 0. The van der Waals surface area contributed by atoms with Crippen molar-refractivity contribution in [1.29, 1.82) is 0 Å². The van der Waals surface area contributed by atoms with Gasteiger partial charge in [-0.05, 0) is 72.7 Å². The molecule has 2 heterocycles. The number of carbonyl (C=O) groups is 2. The highest BCUT2D eigenvalue weighted by Gasteiger charge is 2.42. The first-order chi connectivity index (χ1) is 14.5. The van der Waals surface area contributed by atoms with E-state index in [2.05, 4.69) is 36.0 Å². The monoisotopic (exact) mass is 450 g/mol. The van der Waals surface area contributed by atoms with E-state index in [0.717, 1.165) is 19.3 Å². The van der Waals surface area contributed by atoms with E-state index in [1.807, 2.05) is 21.0 Å². The molecule has 0 saturated carbocycles. The molecule has 31 heavy (non-hydrogen) atoms. The molecule has 0 bridgehead atoms. The Morgan fingerprint density at radius 3 is 2.55 bits per heavy atom. The molecule has 1 aliphatic carbocycles. The Morgan fingerprint density at radius 2 is 1.94 bits per heavy atom. The van der Waals surface area contributed by atoms with Crippen molar-refractivity contribution in [3.05, 3.63) is 10.4 Å². The largest absolute Gasteiger partial charge is 0.396 e. The lowest BCUT2D eigenvalue weighted by molar-refractivity contribution is -0.135. The molecule has 5 N–H and O–H groups in total. The zero-order valence-corrected chi connectivity index (χ0v) is 20.5. The molecule has 1 aliphatic heterocycles. The molecule has 3 atom stereocenters. The third-order valence-corrected chi connectivity index (χ3v) is 8.39. The van der Waals surface area contributed by atoms with Crippen molar-refractivity contribution in [3.8, 4) is 0 Å². The van der Waals surface area contributed by atoms with Crippen LogP contribution in [0.2, 0.25) is 0 Å². The number of nitrogens with two attached hydrogens (primary N) is 2. The highest BCUT2D eigenvalue weighted by atomic mass is 32.1. The molecular formula is C22H38N6O2S. The van der Waals surface area contributed by atoms with Crippen molar-refractivity contribution >= 4 is 34.0 Å². The molecule has 1 aromatic heterocycles. The number of thiophene rings is 1. The molecule has 3 rings (SSSR count). The van der Waals surface area contributed by atoms with Crippen molar-refractivity contribution in [2.45, 2.75) is 51.6 Å². The number of hydrogen-bond donors (Lipinski definition) is 3. The molecule has 1 saturated heterocycles. The number of hydrogen-bond acceptors (Lipinski definition) is 7. The maximum atomic E-state index is 13.4. The van der Waals surface area contributed by atoms with Gasteiger partial charge in [0.2, 0.25) is 5.91 Å². The minimum atomic E-state index is -0.312. The molecule has 0 spiro atoms. The number of anilines is 2. The number of urea groups is 1. The Kier molecular flexibility index (Phi) is 6.88. The van der Waals surface area contributed by atoms with Crippen molar-refractivity contribution < 1.29 is 9.59 Å². The van der Waals surface area contributed by atoms with Gasteiger partial charge in [0, 0.05) is 36.1 Å². The fourth-order valence-corrected chi connectivity index (χ4v) is 5.78. The van der Waals surface area contributed by atoms with E-state index in [-0.39, 0.29) is 23.4 Å². The smallest absolute Gasteiger partial charge is 0.324 e. The molecule has 174 valence electrons. The summed E-state index contributed by atoms with van der Waals surface area (Å²) in [5.41, 5.74) is 14.0. The van der Waals surface area contributed by atoms with Crippen LogP contribution in [-0.2, 0) is 17.6 Å². The number of nitrogens with zero attached hydrogens (tertiary/aromatic N) is 3. The van der Waals surface area contributed by atoms with E-state index in [0.29, 0.717) is 42.3 Å². The number of likely N-dealkylation sites (N-methyl/N-ethyl adjacent to an activating group) is 2. The van der Waals surface area contributed by atoms with Crippen LogP contribution >= 0.6 is 11.3 Å². The Hall–Kier alpha value is -1.84. The lowest BCUT2D eigenvalue weighted by atomic mass is 9.74. The topological polar surface area (TPSA) is 108 Å². The normalized spacial score (nSPS) is 23.9. The number of piperidine rings is 1. The molecule has 1 aromatic rings. The van der Waals surface area contributed by atoms with Gasteiger partial charge in [-0.25, -0.2) is 4.79 Å². The van der Waals surface area contributed by atoms with E-state index in [1.54, 1.807) is 11.3 Å². The van der Waals surface area contributed by atoms with Crippen LogP contribution in [0.25, 0.3) is 0 Å². The number of carbonyl (C=O) groups excluding carboxylic acids is 2. The Morgan fingerprint density at radius 1 is 1.26 bits per heavy atom. The molecular weight excluding hydrogens is 412 g/mol. The van der Waals surface area contributed by atoms with E-state index in [4.69, 9.17) is 11.5 Å². The summed E-state index contributed by atoms with van der Waals surface area (Å²) in [6.07, 6.45) is 2.56. The van der Waals surface area contributed by atoms with Crippen LogP contribution < -0.4 is 16.8 Å². The molecule has 0 unspecified atom stereocenters. The molecule has 8 nitrogen and oxygen atoms in total. The second kappa shape index (κ2) is 8.96. The van der Waals surface area contributed by atoms with Crippen LogP contribution in [0.15, 0.2) is 0 Å². The number of amides is 3.